The lowest BCUT2D eigenvalue weighted by Gasteiger charge is -2.15. The van der Waals surface area contributed by atoms with Gasteiger partial charge < -0.3 is 15.2 Å². The number of carbonyl (C=O) groups is 2. The molecule has 1 saturated heterocycles. The smallest absolute Gasteiger partial charge is 0.321 e. The van der Waals surface area contributed by atoms with Gasteiger partial charge in [0.25, 0.3) is 11.6 Å². The molecule has 8 nitrogen and oxygen atoms in total. The first-order valence-corrected chi connectivity index (χ1v) is 9.89. The Bertz CT molecular complexity index is 1300. The van der Waals surface area contributed by atoms with E-state index in [1.807, 2.05) is 36.4 Å². The zero-order chi connectivity index (χ0) is 21.4. The van der Waals surface area contributed by atoms with Crippen molar-refractivity contribution < 1.29 is 14.1 Å². The van der Waals surface area contributed by atoms with Crippen LogP contribution in [0.1, 0.15) is 16.1 Å². The number of nitrogens with zero attached hydrogens (tertiary/aromatic N) is 3. The van der Waals surface area contributed by atoms with Gasteiger partial charge in [-0.25, -0.2) is 9.78 Å². The predicted octanol–water partition coefficient (Wildman–Crippen LogP) is 3.98. The van der Waals surface area contributed by atoms with Crippen LogP contribution in [0.3, 0.4) is 0 Å². The van der Waals surface area contributed by atoms with Gasteiger partial charge in [-0.3, -0.25) is 9.69 Å². The monoisotopic (exact) mass is 413 g/mol. The van der Waals surface area contributed by atoms with E-state index in [1.165, 1.54) is 0 Å². The molecule has 3 heterocycles. The summed E-state index contributed by atoms with van der Waals surface area (Å²) >= 11 is 0. The lowest BCUT2D eigenvalue weighted by atomic mass is 10.0. The van der Waals surface area contributed by atoms with E-state index in [9.17, 15) is 9.59 Å². The first kappa shape index (κ1) is 18.8. The molecule has 1 aliphatic heterocycles. The lowest BCUT2D eigenvalue weighted by Crippen LogP contribution is -2.27. The maximum Gasteiger partial charge on any atom is 0.321 e. The number of urea groups is 1. The Morgan fingerprint density at radius 3 is 2.74 bits per heavy atom. The molecule has 5 rings (SSSR count). The summed E-state index contributed by atoms with van der Waals surface area (Å²) in [5.74, 6) is -0.307. The van der Waals surface area contributed by atoms with Gasteiger partial charge in [-0.2, -0.15) is 0 Å². The van der Waals surface area contributed by atoms with Crippen LogP contribution in [0, 0.1) is 6.92 Å². The number of hydrogen-bond donors (Lipinski definition) is 2. The molecule has 0 saturated carbocycles. The third kappa shape index (κ3) is 3.48. The third-order valence-electron chi connectivity index (χ3n) is 5.20. The number of rotatable bonds is 4. The molecule has 1 aliphatic rings. The Labute approximate surface area is 177 Å². The van der Waals surface area contributed by atoms with Crippen molar-refractivity contribution in [2.45, 2.75) is 6.92 Å². The number of amides is 3. The zero-order valence-corrected chi connectivity index (χ0v) is 16.8. The fourth-order valence-electron chi connectivity index (χ4n) is 3.70. The Morgan fingerprint density at radius 1 is 1.13 bits per heavy atom. The van der Waals surface area contributed by atoms with Gasteiger partial charge in [0, 0.05) is 30.0 Å². The number of benzene rings is 2. The maximum atomic E-state index is 13.3. The van der Waals surface area contributed by atoms with E-state index in [-0.39, 0.29) is 11.9 Å². The maximum absolute atomic E-state index is 13.3. The van der Waals surface area contributed by atoms with Gasteiger partial charge in [0.05, 0.1) is 22.3 Å². The van der Waals surface area contributed by atoms with Crippen LogP contribution in [0.15, 0.2) is 65.2 Å². The molecule has 8 heteroatoms. The molecule has 0 aliphatic carbocycles. The highest BCUT2D eigenvalue weighted by Gasteiger charge is 2.22. The van der Waals surface area contributed by atoms with Gasteiger partial charge in [0.15, 0.2) is 0 Å². The summed E-state index contributed by atoms with van der Waals surface area (Å²) in [5.41, 5.74) is 4.13. The van der Waals surface area contributed by atoms with Crippen LogP contribution in [0.25, 0.3) is 22.4 Å². The number of pyridine rings is 1. The molecule has 4 aromatic rings. The average Bonchev–Trinajstić information content (AvgIpc) is 3.39. The highest BCUT2D eigenvalue weighted by molar-refractivity contribution is 6.13. The summed E-state index contributed by atoms with van der Waals surface area (Å²) in [6.45, 7) is 2.96. The average molecular weight is 413 g/mol. The topological polar surface area (TPSA) is 100 Å². The molecule has 154 valence electrons. The van der Waals surface area contributed by atoms with E-state index >= 15 is 0 Å². The summed E-state index contributed by atoms with van der Waals surface area (Å²) in [6, 6.07) is 18.4. The Kier molecular flexibility index (Phi) is 4.59. The van der Waals surface area contributed by atoms with Crippen molar-refractivity contribution in [2.75, 3.05) is 23.3 Å². The molecular formula is C23H19N5O3. The van der Waals surface area contributed by atoms with Crippen molar-refractivity contribution in [1.82, 2.24) is 15.5 Å². The minimum Gasteiger partial charge on any atom is -0.336 e. The van der Waals surface area contributed by atoms with Crippen molar-refractivity contribution in [3.63, 3.8) is 0 Å². The minimum absolute atomic E-state index is 0.146. The fourth-order valence-corrected chi connectivity index (χ4v) is 3.70. The summed E-state index contributed by atoms with van der Waals surface area (Å²) < 4.78 is 5.36. The van der Waals surface area contributed by atoms with E-state index in [0.717, 1.165) is 11.3 Å². The van der Waals surface area contributed by atoms with Crippen molar-refractivity contribution in [2.24, 2.45) is 0 Å². The Balaban J connectivity index is 1.51. The van der Waals surface area contributed by atoms with Crippen molar-refractivity contribution in [1.29, 1.82) is 0 Å². The quantitative estimate of drug-likeness (QED) is 0.527. The van der Waals surface area contributed by atoms with Crippen LogP contribution in [-0.4, -0.2) is 35.2 Å². The van der Waals surface area contributed by atoms with Gasteiger partial charge in [-0.05, 0) is 31.2 Å². The number of aryl methyl sites for hydroxylation is 1. The van der Waals surface area contributed by atoms with Gasteiger partial charge >= 0.3 is 6.03 Å². The number of fused-ring (bicyclic) bond motifs is 1. The molecule has 3 amide bonds. The number of aromatic nitrogens is 2. The summed E-state index contributed by atoms with van der Waals surface area (Å²) in [7, 11) is 0. The van der Waals surface area contributed by atoms with Crippen molar-refractivity contribution in [3.05, 3.63) is 71.9 Å². The van der Waals surface area contributed by atoms with Crippen molar-refractivity contribution in [3.8, 4) is 11.3 Å². The van der Waals surface area contributed by atoms with Crippen LogP contribution in [0.4, 0.5) is 16.2 Å². The molecule has 0 bridgehead atoms. The SMILES string of the molecule is Cc1noc2nc(-c3ccccc3)cc(C(=O)Nc3cccc(N4CCNC4=O)c3)c12. The second kappa shape index (κ2) is 7.56. The van der Waals surface area contributed by atoms with Gasteiger partial charge in [0.1, 0.15) is 0 Å². The highest BCUT2D eigenvalue weighted by Crippen LogP contribution is 2.28. The largest absolute Gasteiger partial charge is 0.336 e. The second-order valence-electron chi connectivity index (χ2n) is 7.26. The van der Waals surface area contributed by atoms with Crippen LogP contribution in [-0.2, 0) is 0 Å². The molecule has 1 fully saturated rings. The normalized spacial score (nSPS) is 13.5. The van der Waals surface area contributed by atoms with E-state index in [1.54, 1.807) is 36.1 Å². The zero-order valence-electron chi connectivity index (χ0n) is 16.8. The van der Waals surface area contributed by atoms with Crippen LogP contribution >= 0.6 is 0 Å². The van der Waals surface area contributed by atoms with Crippen LogP contribution in [0.2, 0.25) is 0 Å². The van der Waals surface area contributed by atoms with Gasteiger partial charge in [-0.1, -0.05) is 41.6 Å². The molecule has 31 heavy (non-hydrogen) atoms. The highest BCUT2D eigenvalue weighted by atomic mass is 16.5. The number of nitrogens with one attached hydrogen (secondary N) is 2. The third-order valence-corrected chi connectivity index (χ3v) is 5.20. The van der Waals surface area contributed by atoms with Gasteiger partial charge in [0.2, 0.25) is 0 Å². The van der Waals surface area contributed by atoms with E-state index < -0.39 is 0 Å². The molecule has 2 N–H and O–H groups in total. The predicted molar refractivity (Wildman–Crippen MR) is 117 cm³/mol. The molecule has 0 atom stereocenters. The van der Waals surface area contributed by atoms with Crippen molar-refractivity contribution >= 4 is 34.4 Å². The van der Waals surface area contributed by atoms with E-state index in [2.05, 4.69) is 20.8 Å². The molecule has 2 aromatic carbocycles. The van der Waals surface area contributed by atoms with E-state index in [4.69, 9.17) is 4.52 Å². The molecule has 0 unspecified atom stereocenters. The molecular weight excluding hydrogens is 394 g/mol. The number of hydrogen-bond acceptors (Lipinski definition) is 5. The summed E-state index contributed by atoms with van der Waals surface area (Å²) in [4.78, 5) is 31.4. The second-order valence-corrected chi connectivity index (χ2v) is 7.26. The summed E-state index contributed by atoms with van der Waals surface area (Å²) in [5, 5.41) is 10.3. The standard InChI is InChI=1S/C23H19N5O3/c1-14-20-18(13-19(26-22(20)31-27-14)15-6-3-2-4-7-15)21(29)25-16-8-5-9-17(12-16)28-11-10-24-23(28)30/h2-9,12-13H,10-11H2,1H3,(H,24,30)(H,25,29). The molecule has 0 radical (unpaired) electrons. The number of carbonyl (C=O) groups excluding carboxylic acids is 2. The molecule has 2 aromatic heterocycles. The van der Waals surface area contributed by atoms with Gasteiger partial charge in [-0.15, -0.1) is 0 Å². The van der Waals surface area contributed by atoms with Crippen LogP contribution in [0.5, 0.6) is 0 Å². The number of anilines is 2. The Morgan fingerprint density at radius 2 is 1.97 bits per heavy atom. The fraction of sp³-hybridized carbons (Fsp3) is 0.130. The Hall–Kier alpha value is -4.20. The summed E-state index contributed by atoms with van der Waals surface area (Å²) in [6.07, 6.45) is 0. The first-order valence-electron chi connectivity index (χ1n) is 9.89. The van der Waals surface area contributed by atoms with Crippen LogP contribution < -0.4 is 15.5 Å². The molecule has 0 spiro atoms. The van der Waals surface area contributed by atoms with E-state index in [0.29, 0.717) is 46.8 Å². The minimum atomic E-state index is -0.307. The lowest BCUT2D eigenvalue weighted by molar-refractivity contribution is 0.102. The first-order chi connectivity index (χ1) is 15.1.